The van der Waals surface area contributed by atoms with E-state index in [9.17, 15) is 0 Å². The van der Waals surface area contributed by atoms with Crippen molar-refractivity contribution in [2.75, 3.05) is 0 Å². The van der Waals surface area contributed by atoms with Gasteiger partial charge in [0.2, 0.25) is 0 Å². The van der Waals surface area contributed by atoms with Gasteiger partial charge in [0.15, 0.2) is 0 Å². The summed E-state index contributed by atoms with van der Waals surface area (Å²) in [6.45, 7) is 2.28. The van der Waals surface area contributed by atoms with Crippen molar-refractivity contribution in [2.45, 2.75) is 44.6 Å². The predicted octanol–water partition coefficient (Wildman–Crippen LogP) is 3.23. The van der Waals surface area contributed by atoms with Crippen LogP contribution in [0.4, 0.5) is 0 Å². The molecule has 0 bridgehead atoms. The Morgan fingerprint density at radius 2 is 1.59 bits per heavy atom. The second-order valence-corrected chi connectivity index (χ2v) is 9.20. The molecule has 0 aliphatic heterocycles. The van der Waals surface area contributed by atoms with Gasteiger partial charge in [0.25, 0.3) is 0 Å². The van der Waals surface area contributed by atoms with Crippen LogP contribution in [0.3, 0.4) is 0 Å². The number of hydrogen-bond acceptors (Lipinski definition) is 0. The number of hydrogen-bond donors (Lipinski definition) is 0. The summed E-state index contributed by atoms with van der Waals surface area (Å²) in [6, 6.07) is 21.9. The molecule has 0 saturated carbocycles. The molecule has 1 unspecified atom stereocenters. The Hall–Kier alpha value is -1.35. The molecule has 2 heteroatoms. The first-order valence-electron chi connectivity index (χ1n) is 8.49. The largest absolute Gasteiger partial charge is 0.137 e. The Kier molecular flexibility index (Phi) is 8.04. The minimum Gasteiger partial charge on any atom is -0.137 e. The third-order valence-electron chi connectivity index (χ3n) is 3.93. The first-order valence-corrected chi connectivity index (χ1v) is 11.0. The number of benzene rings is 2. The van der Waals surface area contributed by atoms with Gasteiger partial charge in [-0.05, 0) is 11.6 Å². The molecule has 22 heavy (non-hydrogen) atoms. The van der Waals surface area contributed by atoms with Crippen LogP contribution >= 0.6 is 0 Å². The maximum Gasteiger partial charge on any atom is 0.0709 e. The molecule has 0 saturated heterocycles. The summed E-state index contributed by atoms with van der Waals surface area (Å²) < 4.78 is 0. The standard InChI is InChI=1S/C20H26Si2/c1-2-3-4-7-16-20(22-19-14-10-6-11-15-19)17-21-18-12-8-5-9-13-18/h5-6,8-15,20H,2-4,7,16,22H2,1H3. The predicted molar refractivity (Wildman–Crippen MR) is 103 cm³/mol. The maximum absolute atomic E-state index is 3.85. The van der Waals surface area contributed by atoms with E-state index in [4.69, 9.17) is 0 Å². The topological polar surface area (TPSA) is 0 Å². The molecule has 0 aliphatic carbocycles. The SMILES string of the molecule is CCCCCCC(C#[Si]c1ccccc1)[SiH2]c1ccccc1. The van der Waals surface area contributed by atoms with E-state index in [2.05, 4.69) is 73.1 Å². The number of unbranched alkanes of at least 4 members (excludes halogenated alkanes) is 3. The first-order chi connectivity index (χ1) is 10.9. The van der Waals surface area contributed by atoms with Crippen molar-refractivity contribution >= 4 is 28.9 Å². The molecule has 0 aromatic heterocycles. The van der Waals surface area contributed by atoms with Gasteiger partial charge in [-0.15, -0.1) is 5.50 Å². The lowest BCUT2D eigenvalue weighted by atomic mass is 10.1. The van der Waals surface area contributed by atoms with Gasteiger partial charge >= 0.3 is 0 Å². The molecule has 2 aromatic carbocycles. The quantitative estimate of drug-likeness (QED) is 0.542. The highest BCUT2D eigenvalue weighted by atomic mass is 28.2. The summed E-state index contributed by atoms with van der Waals surface area (Å²) in [5.74, 6) is 0. The van der Waals surface area contributed by atoms with Crippen molar-refractivity contribution < 1.29 is 0 Å². The molecule has 0 radical (unpaired) electrons. The highest BCUT2D eigenvalue weighted by Gasteiger charge is 2.07. The molecule has 2 rings (SSSR count). The van der Waals surface area contributed by atoms with Crippen LogP contribution in [0.25, 0.3) is 0 Å². The molecule has 0 aliphatic rings. The minimum atomic E-state index is -0.252. The van der Waals surface area contributed by atoms with Gasteiger partial charge in [-0.3, -0.25) is 0 Å². The van der Waals surface area contributed by atoms with Gasteiger partial charge in [-0.2, -0.15) is 0 Å². The van der Waals surface area contributed by atoms with Gasteiger partial charge in [0.05, 0.1) is 9.52 Å². The van der Waals surface area contributed by atoms with E-state index in [0.717, 1.165) is 14.5 Å². The maximum atomic E-state index is 3.85. The van der Waals surface area contributed by atoms with Gasteiger partial charge in [0.1, 0.15) is 0 Å². The molecule has 0 N–H and O–H groups in total. The monoisotopic (exact) mass is 322 g/mol. The molecular weight excluding hydrogens is 296 g/mol. The zero-order chi connectivity index (χ0) is 15.5. The molecule has 0 fully saturated rings. The van der Waals surface area contributed by atoms with Gasteiger partial charge in [-0.25, -0.2) is 0 Å². The normalized spacial score (nSPS) is 12.0. The van der Waals surface area contributed by atoms with E-state index >= 15 is 0 Å². The fourth-order valence-corrected chi connectivity index (χ4v) is 5.84. The second-order valence-electron chi connectivity index (χ2n) is 5.87. The number of rotatable bonds is 7. The van der Waals surface area contributed by atoms with E-state index in [0.29, 0.717) is 0 Å². The lowest BCUT2D eigenvalue weighted by Crippen LogP contribution is -2.19. The van der Waals surface area contributed by atoms with Crippen molar-refractivity contribution in [1.82, 2.24) is 0 Å². The van der Waals surface area contributed by atoms with Crippen molar-refractivity contribution in [2.24, 2.45) is 0 Å². The Morgan fingerprint density at radius 3 is 2.27 bits per heavy atom. The van der Waals surface area contributed by atoms with E-state index in [1.165, 1.54) is 37.3 Å². The molecule has 1 atom stereocenters. The lowest BCUT2D eigenvalue weighted by molar-refractivity contribution is 0.640. The molecule has 0 amide bonds. The third-order valence-corrected chi connectivity index (χ3v) is 7.56. The van der Waals surface area contributed by atoms with Crippen LogP contribution in [0.15, 0.2) is 60.7 Å². The molecule has 0 heterocycles. The van der Waals surface area contributed by atoms with E-state index < -0.39 is 0 Å². The highest BCUT2D eigenvalue weighted by molar-refractivity contribution is 6.57. The van der Waals surface area contributed by atoms with Gasteiger partial charge in [-0.1, -0.05) is 98.5 Å². The summed E-state index contributed by atoms with van der Waals surface area (Å²) in [6.07, 6.45) is 6.78. The van der Waals surface area contributed by atoms with Crippen molar-refractivity contribution in [3.63, 3.8) is 0 Å². The van der Waals surface area contributed by atoms with Crippen LogP contribution in [0.2, 0.25) is 5.54 Å². The van der Waals surface area contributed by atoms with E-state index in [1.807, 2.05) is 0 Å². The minimum absolute atomic E-state index is 0.252. The Bertz CT molecular complexity index is 581. The Labute approximate surface area is 139 Å². The van der Waals surface area contributed by atoms with Crippen LogP contribution in [-0.2, 0) is 0 Å². The van der Waals surface area contributed by atoms with Crippen molar-refractivity contribution in [1.29, 1.82) is 0 Å². The van der Waals surface area contributed by atoms with Crippen molar-refractivity contribution in [3.8, 4) is 5.50 Å². The van der Waals surface area contributed by atoms with Gasteiger partial charge in [0, 0.05) is 14.5 Å². The van der Waals surface area contributed by atoms with Crippen LogP contribution in [0, 0.1) is 5.50 Å². The van der Waals surface area contributed by atoms with E-state index in [-0.39, 0.29) is 9.52 Å². The summed E-state index contributed by atoms with van der Waals surface area (Å²) >= 11 is 0. The zero-order valence-electron chi connectivity index (χ0n) is 13.6. The molecule has 2 aromatic rings. The summed E-state index contributed by atoms with van der Waals surface area (Å²) in [7, 11) is 0.482. The second kappa shape index (κ2) is 10.4. The summed E-state index contributed by atoms with van der Waals surface area (Å²) in [5.41, 5.74) is 4.57. The third kappa shape index (κ3) is 6.61. The van der Waals surface area contributed by atoms with E-state index in [1.54, 1.807) is 5.19 Å². The Balaban J connectivity index is 1.99. The Morgan fingerprint density at radius 1 is 0.909 bits per heavy atom. The van der Waals surface area contributed by atoms with Crippen LogP contribution in [0.1, 0.15) is 39.0 Å². The van der Waals surface area contributed by atoms with Crippen LogP contribution < -0.4 is 10.4 Å². The average molecular weight is 323 g/mol. The van der Waals surface area contributed by atoms with Crippen LogP contribution in [-0.4, -0.2) is 18.5 Å². The summed E-state index contributed by atoms with van der Waals surface area (Å²) in [5, 5.41) is 3.00. The fraction of sp³-hybridized carbons (Fsp3) is 0.350. The fourth-order valence-electron chi connectivity index (χ4n) is 2.65. The summed E-state index contributed by atoms with van der Waals surface area (Å²) in [4.78, 5) is 0. The van der Waals surface area contributed by atoms with Crippen molar-refractivity contribution in [3.05, 3.63) is 60.7 Å². The lowest BCUT2D eigenvalue weighted by Gasteiger charge is -2.10. The average Bonchev–Trinajstić information content (AvgIpc) is 2.58. The van der Waals surface area contributed by atoms with Crippen LogP contribution in [0.5, 0.6) is 0 Å². The molecular formula is C20H26Si2. The smallest absolute Gasteiger partial charge is 0.0709 e. The highest BCUT2D eigenvalue weighted by Crippen LogP contribution is 2.14. The molecule has 0 nitrogen and oxygen atoms in total. The van der Waals surface area contributed by atoms with Gasteiger partial charge < -0.3 is 0 Å². The first kappa shape index (κ1) is 17.0. The molecule has 114 valence electrons. The molecule has 0 spiro atoms. The zero-order valence-corrected chi connectivity index (χ0v) is 16.0.